The predicted molar refractivity (Wildman–Crippen MR) is 70.3 cm³/mol. The maximum Gasteiger partial charge on any atom is 0.169 e. The molecule has 100 valence electrons. The highest BCUT2D eigenvalue weighted by atomic mass is 19.1. The minimum Gasteiger partial charge on any atom is -0.494 e. The van der Waals surface area contributed by atoms with Crippen LogP contribution in [0.1, 0.15) is 19.4 Å². The van der Waals surface area contributed by atoms with Crippen molar-refractivity contribution < 1.29 is 9.13 Å². The highest BCUT2D eigenvalue weighted by Gasteiger charge is 2.25. The lowest BCUT2D eigenvalue weighted by Crippen LogP contribution is -2.54. The van der Waals surface area contributed by atoms with Gasteiger partial charge < -0.3 is 10.1 Å². The van der Waals surface area contributed by atoms with E-state index in [9.17, 15) is 4.39 Å². The lowest BCUT2D eigenvalue weighted by molar-refractivity contribution is 0.107. The van der Waals surface area contributed by atoms with E-state index < -0.39 is 0 Å². The largest absolute Gasteiger partial charge is 0.494 e. The molecule has 0 saturated carbocycles. The van der Waals surface area contributed by atoms with Gasteiger partial charge in [-0.1, -0.05) is 12.1 Å². The topological polar surface area (TPSA) is 24.5 Å². The van der Waals surface area contributed by atoms with Gasteiger partial charge in [0.2, 0.25) is 0 Å². The quantitative estimate of drug-likeness (QED) is 0.890. The fourth-order valence-corrected chi connectivity index (χ4v) is 2.51. The molecule has 3 nitrogen and oxygen atoms in total. The number of benzene rings is 1. The maximum atomic E-state index is 14.1. The van der Waals surface area contributed by atoms with Crippen LogP contribution in [-0.4, -0.2) is 37.2 Å². The van der Waals surface area contributed by atoms with E-state index >= 15 is 0 Å². The van der Waals surface area contributed by atoms with Gasteiger partial charge in [0.15, 0.2) is 11.6 Å². The van der Waals surface area contributed by atoms with Gasteiger partial charge >= 0.3 is 0 Å². The molecule has 1 N–H and O–H groups in total. The molecule has 0 bridgehead atoms. The summed E-state index contributed by atoms with van der Waals surface area (Å²) in [6, 6.07) is 6.16. The summed E-state index contributed by atoms with van der Waals surface area (Å²) >= 11 is 0. The normalized spacial score (nSPS) is 25.1. The number of hydrogen-bond acceptors (Lipinski definition) is 3. The molecule has 4 heteroatoms. The SMILES string of the molecule is COc1cccc(CN2C(C)CNCC2C)c1F. The zero-order valence-electron chi connectivity index (χ0n) is 11.2. The van der Waals surface area contributed by atoms with Crippen LogP contribution < -0.4 is 10.1 Å². The Hall–Kier alpha value is -1.13. The second kappa shape index (κ2) is 5.67. The van der Waals surface area contributed by atoms with Crippen molar-refractivity contribution in [2.24, 2.45) is 0 Å². The summed E-state index contributed by atoms with van der Waals surface area (Å²) in [6.07, 6.45) is 0. The fourth-order valence-electron chi connectivity index (χ4n) is 2.51. The Labute approximate surface area is 108 Å². The van der Waals surface area contributed by atoms with E-state index in [1.807, 2.05) is 12.1 Å². The number of nitrogens with zero attached hydrogens (tertiary/aromatic N) is 1. The van der Waals surface area contributed by atoms with Gasteiger partial charge in [0.25, 0.3) is 0 Å². The van der Waals surface area contributed by atoms with Gasteiger partial charge in [-0.3, -0.25) is 4.90 Å². The van der Waals surface area contributed by atoms with Gasteiger partial charge in [0.05, 0.1) is 7.11 Å². The van der Waals surface area contributed by atoms with Crippen LogP contribution in [0.5, 0.6) is 5.75 Å². The highest BCUT2D eigenvalue weighted by Crippen LogP contribution is 2.23. The van der Waals surface area contributed by atoms with Crippen LogP contribution in [0, 0.1) is 5.82 Å². The molecule has 1 aromatic carbocycles. The predicted octanol–water partition coefficient (Wildman–Crippen LogP) is 2.02. The monoisotopic (exact) mass is 252 g/mol. The fraction of sp³-hybridized carbons (Fsp3) is 0.571. The molecule has 1 saturated heterocycles. The van der Waals surface area contributed by atoms with Crippen LogP contribution in [0.4, 0.5) is 4.39 Å². The van der Waals surface area contributed by atoms with Gasteiger partial charge in [0, 0.05) is 37.3 Å². The number of hydrogen-bond donors (Lipinski definition) is 1. The summed E-state index contributed by atoms with van der Waals surface area (Å²) in [6.45, 7) is 6.88. The molecule has 2 rings (SSSR count). The van der Waals surface area contributed by atoms with Gasteiger partial charge in [-0.25, -0.2) is 4.39 Å². The standard InChI is InChI=1S/C14H21FN2O/c1-10-7-16-8-11(2)17(10)9-12-5-4-6-13(18-3)14(12)15/h4-6,10-11,16H,7-9H2,1-3H3. The summed E-state index contributed by atoms with van der Waals surface area (Å²) in [5.74, 6) is 0.0841. The van der Waals surface area contributed by atoms with E-state index in [-0.39, 0.29) is 5.82 Å². The molecule has 0 spiro atoms. The molecule has 0 aromatic heterocycles. The molecule has 0 amide bonds. The van der Waals surface area contributed by atoms with Crippen LogP contribution in [0.3, 0.4) is 0 Å². The first-order valence-corrected chi connectivity index (χ1v) is 6.41. The lowest BCUT2D eigenvalue weighted by atomic mass is 10.1. The number of halogens is 1. The van der Waals surface area contributed by atoms with Gasteiger partial charge in [0.1, 0.15) is 0 Å². The second-order valence-corrected chi connectivity index (χ2v) is 4.96. The Morgan fingerprint density at radius 3 is 2.61 bits per heavy atom. The molecular formula is C14H21FN2O. The van der Waals surface area contributed by atoms with Crippen molar-refractivity contribution in [2.75, 3.05) is 20.2 Å². The Balaban J connectivity index is 2.17. The first-order chi connectivity index (χ1) is 8.63. The first-order valence-electron chi connectivity index (χ1n) is 6.41. The van der Waals surface area contributed by atoms with E-state index in [0.717, 1.165) is 13.1 Å². The van der Waals surface area contributed by atoms with Crippen molar-refractivity contribution in [3.63, 3.8) is 0 Å². The molecule has 1 heterocycles. The Morgan fingerprint density at radius 2 is 2.00 bits per heavy atom. The van der Waals surface area contributed by atoms with E-state index in [0.29, 0.717) is 29.9 Å². The second-order valence-electron chi connectivity index (χ2n) is 4.96. The van der Waals surface area contributed by atoms with Crippen LogP contribution >= 0.6 is 0 Å². The zero-order chi connectivity index (χ0) is 13.1. The summed E-state index contributed by atoms with van der Waals surface area (Å²) in [4.78, 5) is 2.33. The molecule has 18 heavy (non-hydrogen) atoms. The molecule has 1 aromatic rings. The summed E-state index contributed by atoms with van der Waals surface area (Å²) in [5, 5.41) is 3.38. The van der Waals surface area contributed by atoms with E-state index in [1.54, 1.807) is 6.07 Å². The Morgan fingerprint density at radius 1 is 1.33 bits per heavy atom. The average molecular weight is 252 g/mol. The molecule has 2 atom stereocenters. The summed E-state index contributed by atoms with van der Waals surface area (Å²) < 4.78 is 19.1. The molecule has 0 aliphatic carbocycles. The molecular weight excluding hydrogens is 231 g/mol. The molecule has 2 unspecified atom stereocenters. The van der Waals surface area contributed by atoms with Crippen molar-refractivity contribution in [1.29, 1.82) is 0 Å². The zero-order valence-corrected chi connectivity index (χ0v) is 11.2. The van der Waals surface area contributed by atoms with E-state index in [4.69, 9.17) is 4.74 Å². The van der Waals surface area contributed by atoms with Crippen LogP contribution in [-0.2, 0) is 6.54 Å². The maximum absolute atomic E-state index is 14.1. The molecule has 0 radical (unpaired) electrons. The summed E-state index contributed by atoms with van der Waals surface area (Å²) in [5.41, 5.74) is 0.704. The van der Waals surface area contributed by atoms with Crippen LogP contribution in [0.15, 0.2) is 18.2 Å². The Bertz CT molecular complexity index is 401. The Kier molecular flexibility index (Phi) is 4.19. The van der Waals surface area contributed by atoms with Gasteiger partial charge in [-0.15, -0.1) is 0 Å². The number of ether oxygens (including phenoxy) is 1. The summed E-state index contributed by atoms with van der Waals surface area (Å²) in [7, 11) is 1.50. The number of rotatable bonds is 3. The van der Waals surface area contributed by atoms with Crippen LogP contribution in [0.25, 0.3) is 0 Å². The average Bonchev–Trinajstić information content (AvgIpc) is 2.36. The van der Waals surface area contributed by atoms with Gasteiger partial charge in [-0.05, 0) is 19.9 Å². The van der Waals surface area contributed by atoms with E-state index in [1.165, 1.54) is 7.11 Å². The molecule has 1 aliphatic rings. The van der Waals surface area contributed by atoms with Crippen molar-refractivity contribution in [3.05, 3.63) is 29.6 Å². The third kappa shape index (κ3) is 2.65. The number of nitrogens with one attached hydrogen (secondary N) is 1. The van der Waals surface area contributed by atoms with E-state index in [2.05, 4.69) is 24.1 Å². The highest BCUT2D eigenvalue weighted by molar-refractivity contribution is 5.31. The molecule has 1 aliphatic heterocycles. The smallest absolute Gasteiger partial charge is 0.169 e. The third-order valence-corrected chi connectivity index (χ3v) is 3.63. The minimum atomic E-state index is -0.238. The van der Waals surface area contributed by atoms with Crippen molar-refractivity contribution >= 4 is 0 Å². The minimum absolute atomic E-state index is 0.238. The van der Waals surface area contributed by atoms with Gasteiger partial charge in [-0.2, -0.15) is 0 Å². The van der Waals surface area contributed by atoms with Crippen molar-refractivity contribution in [1.82, 2.24) is 10.2 Å². The lowest BCUT2D eigenvalue weighted by Gasteiger charge is -2.39. The third-order valence-electron chi connectivity index (χ3n) is 3.63. The first kappa shape index (κ1) is 13.3. The van der Waals surface area contributed by atoms with Crippen LogP contribution in [0.2, 0.25) is 0 Å². The molecule has 1 fully saturated rings. The van der Waals surface area contributed by atoms with Crippen molar-refractivity contribution in [2.45, 2.75) is 32.5 Å². The van der Waals surface area contributed by atoms with Crippen molar-refractivity contribution in [3.8, 4) is 5.75 Å². The number of piperazine rings is 1. The number of methoxy groups -OCH3 is 1.